The van der Waals surface area contributed by atoms with Gasteiger partial charge in [0.25, 0.3) is 0 Å². The van der Waals surface area contributed by atoms with Gasteiger partial charge >= 0.3 is 29.6 Å². The van der Waals surface area contributed by atoms with Crippen LogP contribution in [-0.2, 0) is 10.1 Å². The van der Waals surface area contributed by atoms with Gasteiger partial charge in [0.15, 0.2) is 5.75 Å². The van der Waals surface area contributed by atoms with Crippen LogP contribution >= 0.6 is 0 Å². The van der Waals surface area contributed by atoms with E-state index in [1.165, 1.54) is 24.3 Å². The van der Waals surface area contributed by atoms with Crippen molar-refractivity contribution in [3.8, 4) is 11.5 Å². The standard InChI is InChI=1S/C16H12N2O5S.Na/c19-15-6-2-5-13-12(15)7-8-14(16(13)20)18-17-10-3-1-4-11(9-10)24(21,22)23;/h1-9,19-20H,(H,21,22,23);/q;+1/p-1. The minimum Gasteiger partial charge on any atom is -0.744 e. The van der Waals surface area contributed by atoms with E-state index >= 15 is 0 Å². The molecule has 0 aliphatic heterocycles. The van der Waals surface area contributed by atoms with Crippen molar-refractivity contribution in [2.75, 3.05) is 0 Å². The van der Waals surface area contributed by atoms with Gasteiger partial charge in [0.05, 0.1) is 10.6 Å². The van der Waals surface area contributed by atoms with E-state index in [1.807, 2.05) is 0 Å². The van der Waals surface area contributed by atoms with Gasteiger partial charge in [-0.2, -0.15) is 5.11 Å². The zero-order valence-corrected chi connectivity index (χ0v) is 15.9. The molecule has 0 bridgehead atoms. The van der Waals surface area contributed by atoms with Gasteiger partial charge in [-0.25, -0.2) is 8.42 Å². The quantitative estimate of drug-likeness (QED) is 0.399. The molecule has 0 spiro atoms. The Morgan fingerprint density at radius 3 is 2.32 bits per heavy atom. The molecule has 3 aromatic carbocycles. The number of fused-ring (bicyclic) bond motifs is 1. The summed E-state index contributed by atoms with van der Waals surface area (Å²) in [6, 6.07) is 12.9. The van der Waals surface area contributed by atoms with Crippen molar-refractivity contribution in [2.45, 2.75) is 4.90 Å². The van der Waals surface area contributed by atoms with E-state index in [9.17, 15) is 23.2 Å². The number of phenols is 2. The second-order valence-corrected chi connectivity index (χ2v) is 6.34. The second kappa shape index (κ2) is 7.51. The number of hydrogen-bond donors (Lipinski definition) is 2. The molecular formula is C16H11N2NaO5S. The second-order valence-electron chi connectivity index (χ2n) is 4.96. The number of rotatable bonds is 3. The molecular weight excluding hydrogens is 355 g/mol. The summed E-state index contributed by atoms with van der Waals surface area (Å²) in [6.07, 6.45) is 0. The molecule has 7 nitrogen and oxygen atoms in total. The Morgan fingerprint density at radius 1 is 0.880 bits per heavy atom. The fourth-order valence-corrected chi connectivity index (χ4v) is 2.72. The monoisotopic (exact) mass is 366 g/mol. The summed E-state index contributed by atoms with van der Waals surface area (Å²) in [7, 11) is -4.58. The maximum Gasteiger partial charge on any atom is 1.00 e. The maximum atomic E-state index is 11.0. The summed E-state index contributed by atoms with van der Waals surface area (Å²) in [5.74, 6) is -0.139. The molecule has 0 heterocycles. The third kappa shape index (κ3) is 4.17. The van der Waals surface area contributed by atoms with E-state index in [1.54, 1.807) is 18.2 Å². The first-order chi connectivity index (χ1) is 11.4. The predicted octanol–water partition coefficient (Wildman–Crippen LogP) is 0.575. The Hall–Kier alpha value is -1.97. The molecule has 0 aliphatic carbocycles. The van der Waals surface area contributed by atoms with E-state index in [0.717, 1.165) is 12.1 Å². The number of aromatic hydroxyl groups is 2. The third-order valence-electron chi connectivity index (χ3n) is 3.37. The molecule has 0 amide bonds. The molecule has 9 heteroatoms. The molecule has 2 N–H and O–H groups in total. The summed E-state index contributed by atoms with van der Waals surface area (Å²) in [5, 5.41) is 28.6. The smallest absolute Gasteiger partial charge is 0.744 e. The first-order valence-corrected chi connectivity index (χ1v) is 8.18. The summed E-state index contributed by atoms with van der Waals surface area (Å²) in [4.78, 5) is -0.411. The van der Waals surface area contributed by atoms with E-state index < -0.39 is 15.0 Å². The number of phenolic OH excluding ortho intramolecular Hbond substituents is 2. The molecule has 0 saturated carbocycles. The van der Waals surface area contributed by atoms with Crippen LogP contribution < -0.4 is 29.6 Å². The van der Waals surface area contributed by atoms with Crippen molar-refractivity contribution in [2.24, 2.45) is 10.2 Å². The molecule has 0 unspecified atom stereocenters. The zero-order chi connectivity index (χ0) is 17.3. The summed E-state index contributed by atoms with van der Waals surface area (Å²) < 4.78 is 33.0. The first kappa shape index (κ1) is 19.4. The molecule has 0 radical (unpaired) electrons. The summed E-state index contributed by atoms with van der Waals surface area (Å²) in [5.41, 5.74) is 0.297. The topological polar surface area (TPSA) is 122 Å². The molecule has 122 valence electrons. The Kier molecular flexibility index (Phi) is 5.81. The van der Waals surface area contributed by atoms with Crippen molar-refractivity contribution in [3.63, 3.8) is 0 Å². The SMILES string of the molecule is O=S(=O)([O-])c1cccc(N=Nc2ccc3c(O)cccc3c2O)c1.[Na+]. The first-order valence-electron chi connectivity index (χ1n) is 6.77. The zero-order valence-electron chi connectivity index (χ0n) is 13.1. The van der Waals surface area contributed by atoms with Gasteiger partial charge in [-0.1, -0.05) is 18.2 Å². The van der Waals surface area contributed by atoms with Gasteiger partial charge in [-0.05, 0) is 36.4 Å². The third-order valence-corrected chi connectivity index (χ3v) is 4.20. The van der Waals surface area contributed by atoms with Gasteiger partial charge in [0.2, 0.25) is 0 Å². The van der Waals surface area contributed by atoms with Crippen LogP contribution in [0.4, 0.5) is 11.4 Å². The average Bonchev–Trinajstić information content (AvgIpc) is 2.54. The molecule has 0 aliphatic rings. The van der Waals surface area contributed by atoms with Crippen LogP contribution in [0.5, 0.6) is 11.5 Å². The van der Waals surface area contributed by atoms with Gasteiger partial charge in [0, 0.05) is 10.8 Å². The van der Waals surface area contributed by atoms with Crippen LogP contribution in [0.1, 0.15) is 0 Å². The van der Waals surface area contributed by atoms with Crippen LogP contribution in [0, 0.1) is 0 Å². The van der Waals surface area contributed by atoms with Gasteiger partial charge in [0.1, 0.15) is 21.6 Å². The Labute approximate surface area is 165 Å². The maximum absolute atomic E-state index is 11.0. The largest absolute Gasteiger partial charge is 1.00 e. The van der Waals surface area contributed by atoms with Crippen LogP contribution in [0.3, 0.4) is 0 Å². The number of benzene rings is 3. The minimum atomic E-state index is -4.58. The van der Waals surface area contributed by atoms with E-state index in [4.69, 9.17) is 0 Å². The van der Waals surface area contributed by atoms with Crippen LogP contribution in [-0.4, -0.2) is 23.2 Å². The van der Waals surface area contributed by atoms with Crippen LogP contribution in [0.15, 0.2) is 69.7 Å². The fourth-order valence-electron chi connectivity index (χ4n) is 2.21. The molecule has 0 fully saturated rings. The molecule has 0 atom stereocenters. The number of nitrogens with zero attached hydrogens (tertiary/aromatic N) is 2. The van der Waals surface area contributed by atoms with Crippen LogP contribution in [0.2, 0.25) is 0 Å². The van der Waals surface area contributed by atoms with Crippen LogP contribution in [0.25, 0.3) is 10.8 Å². The van der Waals surface area contributed by atoms with Gasteiger partial charge in [-0.3, -0.25) is 0 Å². The van der Waals surface area contributed by atoms with Crippen molar-refractivity contribution < 1.29 is 52.7 Å². The number of azo groups is 1. The van der Waals surface area contributed by atoms with Crippen molar-refractivity contribution in [3.05, 3.63) is 54.6 Å². The van der Waals surface area contributed by atoms with Crippen molar-refractivity contribution in [1.82, 2.24) is 0 Å². The van der Waals surface area contributed by atoms with E-state index in [-0.39, 0.29) is 52.4 Å². The molecule has 3 aromatic rings. The molecule has 0 saturated heterocycles. The number of hydrogen-bond acceptors (Lipinski definition) is 7. The van der Waals surface area contributed by atoms with Crippen molar-refractivity contribution >= 4 is 32.3 Å². The predicted molar refractivity (Wildman–Crippen MR) is 85.9 cm³/mol. The summed E-state index contributed by atoms with van der Waals surface area (Å²) >= 11 is 0. The minimum absolute atomic E-state index is 0. The van der Waals surface area contributed by atoms with E-state index in [2.05, 4.69) is 10.2 Å². The van der Waals surface area contributed by atoms with Crippen molar-refractivity contribution in [1.29, 1.82) is 0 Å². The molecule has 0 aromatic heterocycles. The normalized spacial score (nSPS) is 11.6. The molecule has 3 rings (SSSR count). The summed E-state index contributed by atoms with van der Waals surface area (Å²) in [6.45, 7) is 0. The Balaban J connectivity index is 0.00000225. The van der Waals surface area contributed by atoms with Gasteiger partial charge in [-0.15, -0.1) is 5.11 Å². The fraction of sp³-hybridized carbons (Fsp3) is 0. The molecule has 25 heavy (non-hydrogen) atoms. The Bertz CT molecular complexity index is 1070. The average molecular weight is 366 g/mol. The van der Waals surface area contributed by atoms with E-state index in [0.29, 0.717) is 10.8 Å². The van der Waals surface area contributed by atoms with Gasteiger partial charge < -0.3 is 14.8 Å². The Morgan fingerprint density at radius 2 is 1.60 bits per heavy atom.